The maximum atomic E-state index is 6.10. The molecular weight excluding hydrogens is 388 g/mol. The second-order valence-corrected chi connectivity index (χ2v) is 6.86. The zero-order valence-corrected chi connectivity index (χ0v) is 16.5. The molecule has 0 spiro atoms. The molecule has 0 saturated carbocycles. The summed E-state index contributed by atoms with van der Waals surface area (Å²) in [6, 6.07) is 12.8. The van der Waals surface area contributed by atoms with Gasteiger partial charge in [-0.1, -0.05) is 29.4 Å². The molecule has 3 aromatic rings. The van der Waals surface area contributed by atoms with Gasteiger partial charge < -0.3 is 20.1 Å². The minimum Gasteiger partial charge on any atom is -0.497 e. The quantitative estimate of drug-likeness (QED) is 0.452. The van der Waals surface area contributed by atoms with Gasteiger partial charge in [0.15, 0.2) is 5.82 Å². The molecule has 0 unspecified atom stereocenters. The molecule has 1 aromatic heterocycles. The predicted molar refractivity (Wildman–Crippen MR) is 105 cm³/mol. The van der Waals surface area contributed by atoms with Crippen LogP contribution in [0.5, 0.6) is 17.2 Å². The first-order valence-electron chi connectivity index (χ1n) is 8.02. The number of halogens is 1. The van der Waals surface area contributed by atoms with E-state index in [1.807, 2.05) is 30.3 Å². The number of rotatable bonds is 8. The summed E-state index contributed by atoms with van der Waals surface area (Å²) in [4.78, 5) is 0. The predicted octanol–water partition coefficient (Wildman–Crippen LogP) is 3.53. The summed E-state index contributed by atoms with van der Waals surface area (Å²) in [5.41, 5.74) is 0.951. The molecule has 27 heavy (non-hydrogen) atoms. The van der Waals surface area contributed by atoms with Gasteiger partial charge in [-0.25, -0.2) is 4.68 Å². The van der Waals surface area contributed by atoms with Crippen molar-refractivity contribution in [3.63, 3.8) is 0 Å². The Morgan fingerprint density at radius 1 is 1.07 bits per heavy atom. The Labute approximate surface area is 166 Å². The molecule has 0 aliphatic heterocycles. The van der Waals surface area contributed by atoms with Crippen LogP contribution in [0.1, 0.15) is 11.4 Å². The van der Waals surface area contributed by atoms with Gasteiger partial charge in [0.1, 0.15) is 23.9 Å². The summed E-state index contributed by atoms with van der Waals surface area (Å²) < 4.78 is 17.7. The van der Waals surface area contributed by atoms with Crippen molar-refractivity contribution in [3.05, 3.63) is 58.9 Å². The lowest BCUT2D eigenvalue weighted by atomic mass is 10.2. The molecule has 0 atom stereocenters. The van der Waals surface area contributed by atoms with E-state index in [1.165, 1.54) is 16.4 Å². The van der Waals surface area contributed by atoms with E-state index in [2.05, 4.69) is 10.2 Å². The van der Waals surface area contributed by atoms with E-state index in [4.69, 9.17) is 31.7 Å². The Balaban J connectivity index is 1.64. The number of hydrogen-bond acceptors (Lipinski definition) is 7. The summed E-state index contributed by atoms with van der Waals surface area (Å²) in [6.07, 6.45) is 0. The Hall–Kier alpha value is -2.58. The topological polar surface area (TPSA) is 84.4 Å². The van der Waals surface area contributed by atoms with Crippen molar-refractivity contribution < 1.29 is 14.2 Å². The van der Waals surface area contributed by atoms with Gasteiger partial charge >= 0.3 is 0 Å². The number of nitrogens with zero attached hydrogens (tertiary/aromatic N) is 3. The Bertz CT molecular complexity index is 919. The molecule has 0 saturated heterocycles. The molecule has 1 heterocycles. The van der Waals surface area contributed by atoms with Crippen molar-refractivity contribution in [2.75, 3.05) is 20.1 Å². The third-order valence-electron chi connectivity index (χ3n) is 3.74. The SMILES string of the molecule is COc1cccc(OCc2nnc(SCc3cc(Cl)ccc3OC)n2N)c1. The van der Waals surface area contributed by atoms with Crippen LogP contribution < -0.4 is 20.1 Å². The van der Waals surface area contributed by atoms with E-state index in [-0.39, 0.29) is 6.61 Å². The highest BCUT2D eigenvalue weighted by Gasteiger charge is 2.13. The highest BCUT2D eigenvalue weighted by Crippen LogP contribution is 2.29. The normalized spacial score (nSPS) is 10.6. The standard InChI is InChI=1S/C18H19ClN4O3S/c1-24-14-4-3-5-15(9-14)26-10-17-21-22-18(23(17)20)27-11-12-8-13(19)6-7-16(12)25-2/h3-9H,10-11,20H2,1-2H3. The number of thioether (sulfide) groups is 1. The number of aromatic nitrogens is 3. The Kier molecular flexibility index (Phi) is 6.31. The van der Waals surface area contributed by atoms with E-state index in [1.54, 1.807) is 26.4 Å². The van der Waals surface area contributed by atoms with Crippen molar-refractivity contribution in [2.24, 2.45) is 0 Å². The van der Waals surface area contributed by atoms with Crippen molar-refractivity contribution >= 4 is 23.4 Å². The van der Waals surface area contributed by atoms with Crippen LogP contribution in [-0.4, -0.2) is 29.1 Å². The van der Waals surface area contributed by atoms with Crippen molar-refractivity contribution in [3.8, 4) is 17.2 Å². The number of methoxy groups -OCH3 is 2. The molecule has 9 heteroatoms. The van der Waals surface area contributed by atoms with Gasteiger partial charge in [0.2, 0.25) is 5.16 Å². The van der Waals surface area contributed by atoms with Crippen LogP contribution in [-0.2, 0) is 12.4 Å². The fourth-order valence-corrected chi connectivity index (χ4v) is 3.39. The van der Waals surface area contributed by atoms with E-state index in [9.17, 15) is 0 Å². The van der Waals surface area contributed by atoms with E-state index in [0.717, 1.165) is 11.3 Å². The van der Waals surface area contributed by atoms with Gasteiger partial charge in [0.05, 0.1) is 14.2 Å². The van der Waals surface area contributed by atoms with Gasteiger partial charge in [-0.05, 0) is 30.3 Å². The van der Waals surface area contributed by atoms with E-state index >= 15 is 0 Å². The molecule has 2 aromatic carbocycles. The fourth-order valence-electron chi connectivity index (χ4n) is 2.35. The van der Waals surface area contributed by atoms with Gasteiger partial charge in [-0.3, -0.25) is 0 Å². The first-order chi connectivity index (χ1) is 13.1. The third kappa shape index (κ3) is 4.78. The molecule has 0 radical (unpaired) electrons. The van der Waals surface area contributed by atoms with Gasteiger partial charge in [0.25, 0.3) is 0 Å². The summed E-state index contributed by atoms with van der Waals surface area (Å²) in [6.45, 7) is 0.192. The Morgan fingerprint density at radius 3 is 2.67 bits per heavy atom. The fraction of sp³-hybridized carbons (Fsp3) is 0.222. The molecule has 0 amide bonds. The van der Waals surface area contributed by atoms with Crippen LogP contribution in [0.2, 0.25) is 5.02 Å². The van der Waals surface area contributed by atoms with E-state index in [0.29, 0.717) is 33.3 Å². The minimum atomic E-state index is 0.192. The molecule has 0 bridgehead atoms. The van der Waals surface area contributed by atoms with Crippen LogP contribution in [0.15, 0.2) is 47.6 Å². The molecule has 0 aliphatic rings. The minimum absolute atomic E-state index is 0.192. The molecule has 7 nitrogen and oxygen atoms in total. The zero-order valence-electron chi connectivity index (χ0n) is 14.9. The molecule has 3 rings (SSSR count). The van der Waals surface area contributed by atoms with E-state index < -0.39 is 0 Å². The summed E-state index contributed by atoms with van der Waals surface area (Å²) in [5.74, 6) is 9.34. The van der Waals surface area contributed by atoms with Crippen LogP contribution in [0, 0.1) is 0 Å². The first kappa shape index (κ1) is 19.2. The summed E-state index contributed by atoms with van der Waals surface area (Å²) >= 11 is 7.50. The molecule has 0 aliphatic carbocycles. The monoisotopic (exact) mass is 406 g/mol. The first-order valence-corrected chi connectivity index (χ1v) is 9.38. The van der Waals surface area contributed by atoms with Crippen LogP contribution in [0.4, 0.5) is 0 Å². The average Bonchev–Trinajstić information content (AvgIpc) is 3.04. The number of ether oxygens (including phenoxy) is 3. The zero-order chi connectivity index (χ0) is 19.2. The van der Waals surface area contributed by atoms with Crippen LogP contribution >= 0.6 is 23.4 Å². The number of benzene rings is 2. The molecule has 0 fully saturated rings. The summed E-state index contributed by atoms with van der Waals surface area (Å²) in [7, 11) is 3.23. The maximum Gasteiger partial charge on any atom is 0.210 e. The van der Waals surface area contributed by atoms with Gasteiger partial charge in [-0.15, -0.1) is 10.2 Å². The van der Waals surface area contributed by atoms with Gasteiger partial charge in [0, 0.05) is 22.4 Å². The van der Waals surface area contributed by atoms with Crippen LogP contribution in [0.25, 0.3) is 0 Å². The average molecular weight is 407 g/mol. The van der Waals surface area contributed by atoms with Gasteiger partial charge in [-0.2, -0.15) is 0 Å². The summed E-state index contributed by atoms with van der Waals surface area (Å²) in [5, 5.41) is 9.44. The molecule has 142 valence electrons. The lowest BCUT2D eigenvalue weighted by Gasteiger charge is -2.09. The van der Waals surface area contributed by atoms with Crippen LogP contribution in [0.3, 0.4) is 0 Å². The van der Waals surface area contributed by atoms with Crippen molar-refractivity contribution in [2.45, 2.75) is 17.5 Å². The molecular formula is C18H19ClN4O3S. The third-order valence-corrected chi connectivity index (χ3v) is 4.97. The lowest BCUT2D eigenvalue weighted by molar-refractivity contribution is 0.289. The molecule has 2 N–H and O–H groups in total. The second kappa shape index (κ2) is 8.88. The number of hydrogen-bond donors (Lipinski definition) is 1. The largest absolute Gasteiger partial charge is 0.497 e. The smallest absolute Gasteiger partial charge is 0.210 e. The maximum absolute atomic E-state index is 6.10. The number of nitrogens with two attached hydrogens (primary N) is 1. The Morgan fingerprint density at radius 2 is 1.89 bits per heavy atom. The highest BCUT2D eigenvalue weighted by atomic mass is 35.5. The lowest BCUT2D eigenvalue weighted by Crippen LogP contribution is -2.15. The highest BCUT2D eigenvalue weighted by molar-refractivity contribution is 7.98. The van der Waals surface area contributed by atoms with Crippen molar-refractivity contribution in [1.82, 2.24) is 14.9 Å². The number of nitrogen functional groups attached to an aromatic ring is 1. The van der Waals surface area contributed by atoms with Crippen molar-refractivity contribution in [1.29, 1.82) is 0 Å². The second-order valence-electron chi connectivity index (χ2n) is 5.48.